The summed E-state index contributed by atoms with van der Waals surface area (Å²) in [4.78, 5) is 11.2. The molecule has 12 heavy (non-hydrogen) atoms. The molecule has 1 atom stereocenters. The van der Waals surface area contributed by atoms with Gasteiger partial charge in [0.05, 0.1) is 25.9 Å². The fraction of sp³-hybridized carbons (Fsp3) is 0.857. The van der Waals surface area contributed by atoms with E-state index in [9.17, 15) is 4.79 Å². The molecule has 0 radical (unpaired) electrons. The molecule has 1 fully saturated rings. The molecule has 1 rings (SSSR count). The number of carbonyl (C=O) groups is 1. The summed E-state index contributed by atoms with van der Waals surface area (Å²) in [5.41, 5.74) is 5.48. The lowest BCUT2D eigenvalue weighted by Gasteiger charge is -2.27. The van der Waals surface area contributed by atoms with Crippen LogP contribution in [0.3, 0.4) is 0 Å². The van der Waals surface area contributed by atoms with Crippen molar-refractivity contribution in [2.45, 2.75) is 12.1 Å². The van der Waals surface area contributed by atoms with E-state index in [4.69, 9.17) is 15.2 Å². The normalized spacial score (nSPS) is 19.8. The molecule has 0 aromatic rings. The zero-order valence-electron chi connectivity index (χ0n) is 7.08. The molecule has 70 valence electrons. The quantitative estimate of drug-likeness (QED) is 0.542. The van der Waals surface area contributed by atoms with E-state index in [0.29, 0.717) is 13.2 Å². The number of carbonyl (C=O) groups excluding carboxylic acids is 1. The Morgan fingerprint density at radius 2 is 2.50 bits per heavy atom. The van der Waals surface area contributed by atoms with Crippen molar-refractivity contribution in [3.8, 4) is 0 Å². The van der Waals surface area contributed by atoms with Crippen molar-refractivity contribution in [3.63, 3.8) is 0 Å². The summed E-state index contributed by atoms with van der Waals surface area (Å²) in [5.74, 6) is -0.176. The smallest absolute Gasteiger partial charge is 0.239 e. The minimum atomic E-state index is -0.574. The molecule has 0 aliphatic carbocycles. The van der Waals surface area contributed by atoms with Crippen LogP contribution in [0.2, 0.25) is 0 Å². The number of rotatable bonds is 4. The zero-order valence-corrected chi connectivity index (χ0v) is 7.08. The molecule has 0 aromatic carbocycles. The van der Waals surface area contributed by atoms with Gasteiger partial charge in [-0.15, -0.1) is 0 Å². The number of methoxy groups -OCH3 is 1. The van der Waals surface area contributed by atoms with Gasteiger partial charge in [-0.05, 0) is 0 Å². The van der Waals surface area contributed by atoms with Gasteiger partial charge in [-0.2, -0.15) is 0 Å². The van der Waals surface area contributed by atoms with Crippen LogP contribution in [0, 0.1) is 0 Å². The van der Waals surface area contributed by atoms with Gasteiger partial charge in [0.25, 0.3) is 0 Å². The predicted octanol–water partition coefficient (Wildman–Crippen LogP) is -1.52. The highest BCUT2D eigenvalue weighted by Crippen LogP contribution is 1.99. The molecule has 5 nitrogen and oxygen atoms in total. The number of amides is 1. The van der Waals surface area contributed by atoms with E-state index in [1.165, 1.54) is 7.11 Å². The fourth-order valence-corrected chi connectivity index (χ4v) is 0.883. The Hall–Kier alpha value is -0.650. The van der Waals surface area contributed by atoms with Crippen LogP contribution in [-0.4, -0.2) is 44.9 Å². The lowest BCUT2D eigenvalue weighted by atomic mass is 10.2. The highest BCUT2D eigenvalue weighted by atomic mass is 16.5. The lowest BCUT2D eigenvalue weighted by Crippen LogP contribution is -2.54. The molecular formula is C7H14N2O3. The Kier molecular flexibility index (Phi) is 3.46. The van der Waals surface area contributed by atoms with E-state index < -0.39 is 6.04 Å². The molecule has 1 aliphatic rings. The van der Waals surface area contributed by atoms with E-state index in [1.807, 2.05) is 0 Å². The summed E-state index contributed by atoms with van der Waals surface area (Å²) < 4.78 is 9.63. The number of ether oxygens (including phenoxy) is 2. The van der Waals surface area contributed by atoms with Gasteiger partial charge in [-0.25, -0.2) is 0 Å². The molecule has 0 spiro atoms. The first kappa shape index (κ1) is 9.44. The van der Waals surface area contributed by atoms with Gasteiger partial charge >= 0.3 is 0 Å². The SMILES string of the molecule is COCC(N)C(=O)NC1COC1. The largest absolute Gasteiger partial charge is 0.383 e. The number of hydrogen-bond donors (Lipinski definition) is 2. The molecule has 5 heteroatoms. The Labute approximate surface area is 71.2 Å². The van der Waals surface area contributed by atoms with Crippen molar-refractivity contribution < 1.29 is 14.3 Å². The van der Waals surface area contributed by atoms with E-state index in [0.717, 1.165) is 0 Å². The zero-order chi connectivity index (χ0) is 8.97. The fourth-order valence-electron chi connectivity index (χ4n) is 0.883. The molecule has 1 aliphatic heterocycles. The standard InChI is InChI=1S/C7H14N2O3/c1-11-4-6(8)7(10)9-5-2-12-3-5/h5-6H,2-4,8H2,1H3,(H,9,10). The van der Waals surface area contributed by atoms with Gasteiger partial charge < -0.3 is 20.5 Å². The number of nitrogens with one attached hydrogen (secondary N) is 1. The van der Waals surface area contributed by atoms with Crippen LogP contribution in [0.15, 0.2) is 0 Å². The van der Waals surface area contributed by atoms with Gasteiger partial charge in [0.1, 0.15) is 6.04 Å². The average molecular weight is 174 g/mol. The summed E-state index contributed by atoms with van der Waals surface area (Å²) in [6, 6.07) is -0.434. The van der Waals surface area contributed by atoms with Crippen LogP contribution in [0.1, 0.15) is 0 Å². The molecule has 0 bridgehead atoms. The Balaban J connectivity index is 2.16. The minimum Gasteiger partial charge on any atom is -0.383 e. The van der Waals surface area contributed by atoms with Gasteiger partial charge in [0.2, 0.25) is 5.91 Å². The third kappa shape index (κ3) is 2.44. The van der Waals surface area contributed by atoms with Gasteiger partial charge in [-0.1, -0.05) is 0 Å². The monoisotopic (exact) mass is 174 g/mol. The Bertz CT molecular complexity index is 159. The molecule has 1 amide bonds. The first-order chi connectivity index (χ1) is 5.74. The Morgan fingerprint density at radius 1 is 1.83 bits per heavy atom. The first-order valence-electron chi connectivity index (χ1n) is 3.86. The van der Waals surface area contributed by atoms with Crippen LogP contribution in [0.5, 0.6) is 0 Å². The summed E-state index contributed by atoms with van der Waals surface area (Å²) in [6.07, 6.45) is 0. The van der Waals surface area contributed by atoms with E-state index in [1.54, 1.807) is 0 Å². The average Bonchev–Trinajstić information content (AvgIpc) is 1.97. The van der Waals surface area contributed by atoms with Gasteiger partial charge in [0, 0.05) is 7.11 Å². The van der Waals surface area contributed by atoms with E-state index >= 15 is 0 Å². The van der Waals surface area contributed by atoms with E-state index in [-0.39, 0.29) is 18.6 Å². The molecule has 0 aromatic heterocycles. The van der Waals surface area contributed by atoms with E-state index in [2.05, 4.69) is 5.32 Å². The summed E-state index contributed by atoms with van der Waals surface area (Å²) >= 11 is 0. The molecular weight excluding hydrogens is 160 g/mol. The summed E-state index contributed by atoms with van der Waals surface area (Å²) in [7, 11) is 1.51. The molecule has 0 saturated carbocycles. The molecule has 3 N–H and O–H groups in total. The second-order valence-corrected chi connectivity index (χ2v) is 2.80. The van der Waals surface area contributed by atoms with Crippen LogP contribution < -0.4 is 11.1 Å². The second kappa shape index (κ2) is 4.39. The summed E-state index contributed by atoms with van der Waals surface area (Å²) in [6.45, 7) is 1.43. The lowest BCUT2D eigenvalue weighted by molar-refractivity contribution is -0.127. The van der Waals surface area contributed by atoms with Gasteiger partial charge in [0.15, 0.2) is 0 Å². The van der Waals surface area contributed by atoms with Crippen LogP contribution in [-0.2, 0) is 14.3 Å². The summed E-state index contributed by atoms with van der Waals surface area (Å²) in [5, 5.41) is 2.73. The van der Waals surface area contributed by atoms with Crippen molar-refractivity contribution in [2.24, 2.45) is 5.73 Å². The maximum absolute atomic E-state index is 11.2. The highest BCUT2D eigenvalue weighted by molar-refractivity contribution is 5.81. The third-order valence-electron chi connectivity index (χ3n) is 1.67. The van der Waals surface area contributed by atoms with Crippen molar-refractivity contribution in [1.82, 2.24) is 5.32 Å². The van der Waals surface area contributed by atoms with Crippen molar-refractivity contribution in [3.05, 3.63) is 0 Å². The van der Waals surface area contributed by atoms with Crippen molar-refractivity contribution in [2.75, 3.05) is 26.9 Å². The van der Waals surface area contributed by atoms with Crippen LogP contribution >= 0.6 is 0 Å². The Morgan fingerprint density at radius 3 is 2.92 bits per heavy atom. The minimum absolute atomic E-state index is 0.139. The molecule has 1 heterocycles. The predicted molar refractivity (Wildman–Crippen MR) is 42.6 cm³/mol. The number of nitrogens with two attached hydrogens (primary N) is 1. The van der Waals surface area contributed by atoms with Crippen LogP contribution in [0.25, 0.3) is 0 Å². The van der Waals surface area contributed by atoms with Gasteiger partial charge in [-0.3, -0.25) is 4.79 Å². The maximum atomic E-state index is 11.2. The van der Waals surface area contributed by atoms with Crippen molar-refractivity contribution in [1.29, 1.82) is 0 Å². The molecule has 1 saturated heterocycles. The number of hydrogen-bond acceptors (Lipinski definition) is 4. The maximum Gasteiger partial charge on any atom is 0.239 e. The topological polar surface area (TPSA) is 73.6 Å². The first-order valence-corrected chi connectivity index (χ1v) is 3.86. The highest BCUT2D eigenvalue weighted by Gasteiger charge is 2.23. The second-order valence-electron chi connectivity index (χ2n) is 2.80. The van der Waals surface area contributed by atoms with Crippen molar-refractivity contribution >= 4 is 5.91 Å². The molecule has 1 unspecified atom stereocenters. The third-order valence-corrected chi connectivity index (χ3v) is 1.67. The van der Waals surface area contributed by atoms with Crippen LogP contribution in [0.4, 0.5) is 0 Å².